The molecule has 0 aliphatic carbocycles. The summed E-state index contributed by atoms with van der Waals surface area (Å²) >= 11 is 0. The highest BCUT2D eigenvalue weighted by atomic mass is 16.7. The number of rotatable bonds is 45. The minimum Gasteiger partial charge on any atom is -0.462 e. The van der Waals surface area contributed by atoms with Gasteiger partial charge < -0.3 is 39.4 Å². The Morgan fingerprint density at radius 2 is 0.770 bits per heavy atom. The molecule has 0 saturated carbocycles. The quantitative estimate of drug-likeness (QED) is 0.0344. The molecule has 0 amide bonds. The molecular weight excluding hydrogens is 773 g/mol. The first-order chi connectivity index (χ1) is 29.8. The van der Waals surface area contributed by atoms with Crippen molar-refractivity contribution in [2.45, 2.75) is 295 Å². The highest BCUT2D eigenvalue weighted by molar-refractivity contribution is 5.70. The van der Waals surface area contributed by atoms with Crippen LogP contribution in [-0.4, -0.2) is 89.0 Å². The SMILES string of the molecule is CCCCCCCCCCCCCCCCCCCCCCCC(=O)O[C@H](COC(=O)CCCCCCCCCCCCCCCCC)CO[C@@H]1O[C@H](CO)[C@H](O)C(O)C1O. The van der Waals surface area contributed by atoms with Crippen LogP contribution in [0.4, 0.5) is 0 Å². The van der Waals surface area contributed by atoms with E-state index in [1.807, 2.05) is 0 Å². The maximum Gasteiger partial charge on any atom is 0.306 e. The van der Waals surface area contributed by atoms with Crippen LogP contribution < -0.4 is 0 Å². The minimum absolute atomic E-state index is 0.208. The molecule has 0 aromatic rings. The molecule has 0 aromatic carbocycles. The number of unbranched alkanes of at least 4 members (excludes halogenated alkanes) is 34. The topological polar surface area (TPSA) is 152 Å². The molecule has 1 aliphatic rings. The zero-order valence-electron chi connectivity index (χ0n) is 39.7. The summed E-state index contributed by atoms with van der Waals surface area (Å²) < 4.78 is 22.3. The van der Waals surface area contributed by atoms with E-state index >= 15 is 0 Å². The van der Waals surface area contributed by atoms with Gasteiger partial charge in [-0.2, -0.15) is 0 Å². The molecular formula is C51H98O10. The molecule has 1 heterocycles. The van der Waals surface area contributed by atoms with Crippen molar-refractivity contribution in [3.05, 3.63) is 0 Å². The van der Waals surface area contributed by atoms with Crippen molar-refractivity contribution in [3.8, 4) is 0 Å². The van der Waals surface area contributed by atoms with Crippen LogP contribution in [0.1, 0.15) is 258 Å². The molecule has 4 N–H and O–H groups in total. The third-order valence-corrected chi connectivity index (χ3v) is 12.5. The van der Waals surface area contributed by atoms with E-state index in [9.17, 15) is 30.0 Å². The van der Waals surface area contributed by atoms with Crippen LogP contribution in [-0.2, 0) is 28.5 Å². The lowest BCUT2D eigenvalue weighted by Crippen LogP contribution is -2.59. The second kappa shape index (κ2) is 42.6. The van der Waals surface area contributed by atoms with Crippen LogP contribution >= 0.6 is 0 Å². The zero-order chi connectivity index (χ0) is 44.4. The maximum absolute atomic E-state index is 12.8. The molecule has 0 spiro atoms. The third kappa shape index (κ3) is 33.8. The molecule has 10 nitrogen and oxygen atoms in total. The minimum atomic E-state index is -1.59. The van der Waals surface area contributed by atoms with E-state index < -0.39 is 49.4 Å². The summed E-state index contributed by atoms with van der Waals surface area (Å²) in [7, 11) is 0. The van der Waals surface area contributed by atoms with Crippen LogP contribution in [0.2, 0.25) is 0 Å². The van der Waals surface area contributed by atoms with Gasteiger partial charge in [0.05, 0.1) is 13.2 Å². The monoisotopic (exact) mass is 871 g/mol. The van der Waals surface area contributed by atoms with Gasteiger partial charge in [0, 0.05) is 12.8 Å². The van der Waals surface area contributed by atoms with Gasteiger partial charge in [-0.05, 0) is 12.8 Å². The Balaban J connectivity index is 2.22. The van der Waals surface area contributed by atoms with Gasteiger partial charge in [-0.3, -0.25) is 9.59 Å². The number of carbonyl (C=O) groups excluding carboxylic acids is 2. The van der Waals surface area contributed by atoms with E-state index in [0.717, 1.165) is 32.1 Å². The standard InChI is InChI=1S/C51H98O10/c1-3-5-7-9-11-13-15-17-19-20-21-22-23-24-26-28-30-32-34-36-38-40-47(54)60-44(43-59-51-50(57)49(56)48(55)45(41-52)61-51)42-58-46(53)39-37-35-33-31-29-27-25-18-16-14-12-10-8-6-4-2/h44-45,48-52,55-57H,3-43H2,1-2H3/t44-,45-,48+,49?,50?,51-/m1/s1. The van der Waals surface area contributed by atoms with Crippen molar-refractivity contribution in [1.29, 1.82) is 0 Å². The molecule has 362 valence electrons. The van der Waals surface area contributed by atoms with Gasteiger partial charge in [0.2, 0.25) is 0 Å². The van der Waals surface area contributed by atoms with Crippen LogP contribution in [0.25, 0.3) is 0 Å². The summed E-state index contributed by atoms with van der Waals surface area (Å²) in [5.41, 5.74) is 0. The van der Waals surface area contributed by atoms with Gasteiger partial charge in [-0.25, -0.2) is 0 Å². The van der Waals surface area contributed by atoms with Crippen LogP contribution in [0.5, 0.6) is 0 Å². The second-order valence-corrected chi connectivity index (χ2v) is 18.3. The van der Waals surface area contributed by atoms with Crippen molar-refractivity contribution >= 4 is 11.9 Å². The third-order valence-electron chi connectivity index (χ3n) is 12.5. The van der Waals surface area contributed by atoms with Gasteiger partial charge in [-0.15, -0.1) is 0 Å². The normalized spacial score (nSPS) is 19.6. The van der Waals surface area contributed by atoms with Crippen LogP contribution in [0, 0.1) is 0 Å². The first kappa shape index (κ1) is 57.7. The van der Waals surface area contributed by atoms with Gasteiger partial charge in [0.15, 0.2) is 12.4 Å². The second-order valence-electron chi connectivity index (χ2n) is 18.3. The van der Waals surface area contributed by atoms with E-state index in [-0.39, 0.29) is 32.0 Å². The number of ether oxygens (including phenoxy) is 4. The number of hydrogen-bond acceptors (Lipinski definition) is 10. The van der Waals surface area contributed by atoms with E-state index in [4.69, 9.17) is 18.9 Å². The van der Waals surface area contributed by atoms with E-state index in [2.05, 4.69) is 13.8 Å². The molecule has 6 atom stereocenters. The van der Waals surface area contributed by atoms with Crippen LogP contribution in [0.3, 0.4) is 0 Å². The van der Waals surface area contributed by atoms with Gasteiger partial charge in [0.25, 0.3) is 0 Å². The lowest BCUT2D eigenvalue weighted by Gasteiger charge is -2.39. The van der Waals surface area contributed by atoms with Gasteiger partial charge in [-0.1, -0.05) is 232 Å². The Morgan fingerprint density at radius 1 is 0.443 bits per heavy atom. The molecule has 1 rings (SSSR count). The summed E-state index contributed by atoms with van der Waals surface area (Å²) in [6.45, 7) is 3.48. The summed E-state index contributed by atoms with van der Waals surface area (Å²) in [6.07, 6.45) is 38.3. The smallest absolute Gasteiger partial charge is 0.306 e. The summed E-state index contributed by atoms with van der Waals surface area (Å²) in [5, 5.41) is 40.2. The Labute approximate surface area is 374 Å². The molecule has 2 unspecified atom stereocenters. The zero-order valence-corrected chi connectivity index (χ0v) is 39.7. The number of esters is 2. The number of aliphatic hydroxyl groups is 4. The lowest BCUT2D eigenvalue weighted by atomic mass is 9.99. The first-order valence-electron chi connectivity index (χ1n) is 26.1. The Hall–Kier alpha value is -1.30. The molecule has 1 fully saturated rings. The lowest BCUT2D eigenvalue weighted by molar-refractivity contribution is -0.305. The summed E-state index contributed by atoms with van der Waals surface area (Å²) in [4.78, 5) is 25.4. The molecule has 0 bridgehead atoms. The number of carbonyl (C=O) groups is 2. The van der Waals surface area contributed by atoms with Crippen molar-refractivity contribution in [2.75, 3.05) is 19.8 Å². The first-order valence-corrected chi connectivity index (χ1v) is 26.1. The average molecular weight is 871 g/mol. The van der Waals surface area contributed by atoms with Gasteiger partial charge in [0.1, 0.15) is 31.0 Å². The molecule has 0 aromatic heterocycles. The molecule has 0 radical (unpaired) electrons. The van der Waals surface area contributed by atoms with Crippen molar-refractivity contribution in [1.82, 2.24) is 0 Å². The van der Waals surface area contributed by atoms with Crippen molar-refractivity contribution in [3.63, 3.8) is 0 Å². The predicted octanol–water partition coefficient (Wildman–Crippen LogP) is 12.1. The molecule has 1 aliphatic heterocycles. The summed E-state index contributed by atoms with van der Waals surface area (Å²) in [5.74, 6) is -0.786. The van der Waals surface area contributed by atoms with E-state index in [1.165, 1.54) is 193 Å². The average Bonchev–Trinajstić information content (AvgIpc) is 3.26. The molecule has 10 heteroatoms. The fourth-order valence-corrected chi connectivity index (χ4v) is 8.37. The highest BCUT2D eigenvalue weighted by Gasteiger charge is 2.44. The van der Waals surface area contributed by atoms with Crippen molar-refractivity contribution < 1.29 is 49.0 Å². The Bertz CT molecular complexity index is 964. The Morgan fingerprint density at radius 3 is 1.11 bits per heavy atom. The molecule has 1 saturated heterocycles. The maximum atomic E-state index is 12.8. The van der Waals surface area contributed by atoms with Crippen molar-refractivity contribution in [2.24, 2.45) is 0 Å². The fourth-order valence-electron chi connectivity index (χ4n) is 8.37. The van der Waals surface area contributed by atoms with Crippen LogP contribution in [0.15, 0.2) is 0 Å². The summed E-state index contributed by atoms with van der Waals surface area (Å²) in [6, 6.07) is 0. The molecule has 61 heavy (non-hydrogen) atoms. The highest BCUT2D eigenvalue weighted by Crippen LogP contribution is 2.23. The van der Waals surface area contributed by atoms with Gasteiger partial charge >= 0.3 is 11.9 Å². The predicted molar refractivity (Wildman–Crippen MR) is 247 cm³/mol. The fraction of sp³-hybridized carbons (Fsp3) is 0.961. The largest absolute Gasteiger partial charge is 0.462 e. The van der Waals surface area contributed by atoms with E-state index in [1.54, 1.807) is 0 Å². The number of aliphatic hydroxyl groups excluding tert-OH is 4. The Kier molecular flexibility index (Phi) is 40.3. The van der Waals surface area contributed by atoms with E-state index in [0.29, 0.717) is 6.42 Å². The number of hydrogen-bond donors (Lipinski definition) is 4.